The summed E-state index contributed by atoms with van der Waals surface area (Å²) in [5.41, 5.74) is 3.39. The van der Waals surface area contributed by atoms with Gasteiger partial charge < -0.3 is 14.2 Å². The summed E-state index contributed by atoms with van der Waals surface area (Å²) in [4.78, 5) is 0. The number of ether oxygens (including phenoxy) is 3. The second-order valence-corrected chi connectivity index (χ2v) is 6.83. The standard InChI is InChI=1S/C22H34O3/c1-17(2)8-7-9-18(3)14-15-24-20(5)25-16-19(4)21-10-12-22(23-6)13-11-21/h8,10-13,18,20H,4,7,9,14-16H2,1-3,5-6H3. The van der Waals surface area contributed by atoms with Crippen molar-refractivity contribution in [3.05, 3.63) is 48.1 Å². The van der Waals surface area contributed by atoms with Gasteiger partial charge in [0.1, 0.15) is 5.75 Å². The highest BCUT2D eigenvalue weighted by Gasteiger charge is 2.07. The lowest BCUT2D eigenvalue weighted by Crippen LogP contribution is -2.16. The van der Waals surface area contributed by atoms with Crippen molar-refractivity contribution >= 4 is 5.57 Å². The Morgan fingerprint density at radius 1 is 1.08 bits per heavy atom. The van der Waals surface area contributed by atoms with Crippen LogP contribution in [-0.4, -0.2) is 26.6 Å². The molecule has 0 bridgehead atoms. The quantitative estimate of drug-likeness (QED) is 0.350. The van der Waals surface area contributed by atoms with Crippen LogP contribution in [0.3, 0.4) is 0 Å². The lowest BCUT2D eigenvalue weighted by atomic mass is 10.0. The van der Waals surface area contributed by atoms with Crippen molar-refractivity contribution in [1.82, 2.24) is 0 Å². The van der Waals surface area contributed by atoms with Crippen molar-refractivity contribution in [2.45, 2.75) is 53.2 Å². The Bertz CT molecular complexity index is 527. The highest BCUT2D eigenvalue weighted by Crippen LogP contribution is 2.18. The average molecular weight is 347 g/mol. The normalized spacial score (nSPS) is 13.2. The molecule has 0 heterocycles. The molecule has 0 saturated carbocycles. The fourth-order valence-corrected chi connectivity index (χ4v) is 2.41. The van der Waals surface area contributed by atoms with Crippen molar-refractivity contribution in [3.63, 3.8) is 0 Å². The fourth-order valence-electron chi connectivity index (χ4n) is 2.41. The predicted octanol–water partition coefficient (Wildman–Crippen LogP) is 5.86. The number of hydrogen-bond donors (Lipinski definition) is 0. The molecular weight excluding hydrogens is 312 g/mol. The van der Waals surface area contributed by atoms with E-state index in [1.165, 1.54) is 12.0 Å². The Morgan fingerprint density at radius 2 is 1.76 bits per heavy atom. The van der Waals surface area contributed by atoms with Gasteiger partial charge in [-0.1, -0.05) is 37.3 Å². The summed E-state index contributed by atoms with van der Waals surface area (Å²) in [5.74, 6) is 1.50. The van der Waals surface area contributed by atoms with Gasteiger partial charge in [0.05, 0.1) is 13.7 Å². The second-order valence-electron chi connectivity index (χ2n) is 6.83. The summed E-state index contributed by atoms with van der Waals surface area (Å²) in [5, 5.41) is 0. The molecule has 25 heavy (non-hydrogen) atoms. The molecule has 1 aromatic rings. The van der Waals surface area contributed by atoms with Crippen LogP contribution in [0.1, 0.15) is 52.5 Å². The maximum atomic E-state index is 5.76. The second kappa shape index (κ2) is 11.9. The molecule has 0 radical (unpaired) electrons. The van der Waals surface area contributed by atoms with Gasteiger partial charge in [-0.05, 0) is 69.2 Å². The molecular formula is C22H34O3. The molecule has 3 heteroatoms. The Hall–Kier alpha value is -1.58. The lowest BCUT2D eigenvalue weighted by molar-refractivity contribution is -0.123. The largest absolute Gasteiger partial charge is 0.497 e. The third-order valence-electron chi connectivity index (χ3n) is 4.17. The van der Waals surface area contributed by atoms with E-state index >= 15 is 0 Å². The average Bonchev–Trinajstić information content (AvgIpc) is 2.59. The van der Waals surface area contributed by atoms with Gasteiger partial charge >= 0.3 is 0 Å². The lowest BCUT2D eigenvalue weighted by Gasteiger charge is -2.17. The monoisotopic (exact) mass is 346 g/mol. The van der Waals surface area contributed by atoms with Crippen LogP contribution in [0.4, 0.5) is 0 Å². The van der Waals surface area contributed by atoms with E-state index < -0.39 is 0 Å². The molecule has 0 aromatic heterocycles. The van der Waals surface area contributed by atoms with Gasteiger partial charge in [-0.3, -0.25) is 0 Å². The van der Waals surface area contributed by atoms with E-state index in [9.17, 15) is 0 Å². The SMILES string of the molecule is C=C(COC(C)OCCC(C)CCC=C(C)C)c1ccc(OC)cc1. The summed E-state index contributed by atoms with van der Waals surface area (Å²) in [6.45, 7) is 13.8. The molecule has 0 aliphatic rings. The smallest absolute Gasteiger partial charge is 0.155 e. The first-order valence-corrected chi connectivity index (χ1v) is 9.11. The Morgan fingerprint density at radius 3 is 2.36 bits per heavy atom. The first-order chi connectivity index (χ1) is 11.9. The topological polar surface area (TPSA) is 27.7 Å². The molecule has 2 atom stereocenters. The minimum absolute atomic E-state index is 0.222. The van der Waals surface area contributed by atoms with E-state index in [1.54, 1.807) is 7.11 Å². The van der Waals surface area contributed by atoms with Crippen LogP contribution in [-0.2, 0) is 9.47 Å². The molecule has 0 saturated heterocycles. The minimum atomic E-state index is -0.222. The predicted molar refractivity (Wildman–Crippen MR) is 106 cm³/mol. The first-order valence-electron chi connectivity index (χ1n) is 9.11. The maximum absolute atomic E-state index is 5.76. The molecule has 0 fully saturated rings. The van der Waals surface area contributed by atoms with Gasteiger partial charge in [-0.25, -0.2) is 0 Å². The summed E-state index contributed by atoms with van der Waals surface area (Å²) in [7, 11) is 1.66. The van der Waals surface area contributed by atoms with E-state index in [0.717, 1.165) is 36.3 Å². The fraction of sp³-hybridized carbons (Fsp3) is 0.545. The Labute approximate surface area is 153 Å². The number of allylic oxidation sites excluding steroid dienone is 2. The van der Waals surface area contributed by atoms with Crippen LogP contribution in [0.25, 0.3) is 5.57 Å². The molecule has 0 amide bonds. The molecule has 0 aliphatic carbocycles. The van der Waals surface area contributed by atoms with E-state index in [4.69, 9.17) is 14.2 Å². The van der Waals surface area contributed by atoms with Crippen LogP contribution in [0.5, 0.6) is 5.75 Å². The van der Waals surface area contributed by atoms with Crippen molar-refractivity contribution in [1.29, 1.82) is 0 Å². The first kappa shape index (κ1) is 21.5. The van der Waals surface area contributed by atoms with Crippen molar-refractivity contribution in [2.24, 2.45) is 5.92 Å². The molecule has 0 N–H and O–H groups in total. The zero-order chi connectivity index (χ0) is 18.7. The summed E-state index contributed by atoms with van der Waals surface area (Å²) >= 11 is 0. The molecule has 0 aliphatic heterocycles. The number of benzene rings is 1. The van der Waals surface area contributed by atoms with E-state index in [1.807, 2.05) is 31.2 Å². The third-order valence-corrected chi connectivity index (χ3v) is 4.17. The Kier molecular flexibility index (Phi) is 10.2. The number of methoxy groups -OCH3 is 1. The van der Waals surface area contributed by atoms with Crippen molar-refractivity contribution < 1.29 is 14.2 Å². The zero-order valence-electron chi connectivity index (χ0n) is 16.5. The van der Waals surface area contributed by atoms with Gasteiger partial charge in [0.2, 0.25) is 0 Å². The van der Waals surface area contributed by atoms with Crippen LogP contribution in [0, 0.1) is 5.92 Å². The molecule has 140 valence electrons. The molecule has 1 aromatic carbocycles. The maximum Gasteiger partial charge on any atom is 0.155 e. The Balaban J connectivity index is 2.20. The molecule has 1 rings (SSSR count). The number of rotatable bonds is 12. The van der Waals surface area contributed by atoms with Gasteiger partial charge in [0.15, 0.2) is 6.29 Å². The van der Waals surface area contributed by atoms with Gasteiger partial charge in [-0.15, -0.1) is 0 Å². The third kappa shape index (κ3) is 9.47. The van der Waals surface area contributed by atoms with Crippen LogP contribution >= 0.6 is 0 Å². The van der Waals surface area contributed by atoms with E-state index in [0.29, 0.717) is 12.5 Å². The highest BCUT2D eigenvalue weighted by molar-refractivity contribution is 5.64. The summed E-state index contributed by atoms with van der Waals surface area (Å²) in [6.07, 6.45) is 5.49. The highest BCUT2D eigenvalue weighted by atomic mass is 16.7. The van der Waals surface area contributed by atoms with Crippen LogP contribution in [0.15, 0.2) is 42.5 Å². The zero-order valence-corrected chi connectivity index (χ0v) is 16.5. The van der Waals surface area contributed by atoms with Crippen LogP contribution in [0.2, 0.25) is 0 Å². The van der Waals surface area contributed by atoms with Crippen LogP contribution < -0.4 is 4.74 Å². The summed E-state index contributed by atoms with van der Waals surface area (Å²) < 4.78 is 16.7. The van der Waals surface area contributed by atoms with Crippen molar-refractivity contribution in [3.8, 4) is 5.75 Å². The van der Waals surface area contributed by atoms with E-state index in [2.05, 4.69) is 33.4 Å². The van der Waals surface area contributed by atoms with Gasteiger partial charge in [0.25, 0.3) is 0 Å². The molecule has 0 spiro atoms. The molecule has 2 unspecified atom stereocenters. The van der Waals surface area contributed by atoms with Crippen molar-refractivity contribution in [2.75, 3.05) is 20.3 Å². The number of hydrogen-bond acceptors (Lipinski definition) is 3. The summed E-state index contributed by atoms with van der Waals surface area (Å²) in [6, 6.07) is 7.84. The minimum Gasteiger partial charge on any atom is -0.497 e. The molecule has 3 nitrogen and oxygen atoms in total. The van der Waals surface area contributed by atoms with Gasteiger partial charge in [0, 0.05) is 6.61 Å². The van der Waals surface area contributed by atoms with Gasteiger partial charge in [-0.2, -0.15) is 0 Å². The van der Waals surface area contributed by atoms with E-state index in [-0.39, 0.29) is 6.29 Å².